The van der Waals surface area contributed by atoms with E-state index in [0.29, 0.717) is 11.3 Å². The van der Waals surface area contributed by atoms with Crippen LogP contribution in [0.25, 0.3) is 17.0 Å². The van der Waals surface area contributed by atoms with Crippen LogP contribution in [0, 0.1) is 0 Å². The molecule has 2 heterocycles. The van der Waals surface area contributed by atoms with Crippen molar-refractivity contribution < 1.29 is 0 Å². The van der Waals surface area contributed by atoms with Gasteiger partial charge >= 0.3 is 0 Å². The molecule has 0 fully saturated rings. The fraction of sp³-hybridized carbons (Fsp3) is 0. The normalized spacial score (nSPS) is 10.9. The van der Waals surface area contributed by atoms with Gasteiger partial charge in [0.15, 0.2) is 11.5 Å². The molecule has 0 saturated carbocycles. The van der Waals surface area contributed by atoms with E-state index in [-0.39, 0.29) is 0 Å². The summed E-state index contributed by atoms with van der Waals surface area (Å²) < 4.78 is 2.92. The molecule has 4 nitrogen and oxygen atoms in total. The molecule has 0 aliphatic carbocycles. The van der Waals surface area contributed by atoms with E-state index in [4.69, 9.17) is 5.73 Å². The van der Waals surface area contributed by atoms with Gasteiger partial charge in [-0.1, -0.05) is 28.1 Å². The summed E-state index contributed by atoms with van der Waals surface area (Å²) in [6.07, 6.45) is 1.91. The van der Waals surface area contributed by atoms with E-state index in [1.54, 1.807) is 0 Å². The largest absolute Gasteiger partial charge is 0.396 e. The molecule has 0 amide bonds. The highest BCUT2D eigenvalue weighted by Gasteiger charge is 2.08. The molecular weight excluding hydrogens is 280 g/mol. The summed E-state index contributed by atoms with van der Waals surface area (Å²) in [6, 6.07) is 11.6. The van der Waals surface area contributed by atoms with Crippen LogP contribution in [0.1, 0.15) is 0 Å². The molecule has 5 heteroatoms. The molecule has 0 unspecified atom stereocenters. The lowest BCUT2D eigenvalue weighted by Gasteiger charge is -2.01. The van der Waals surface area contributed by atoms with Crippen molar-refractivity contribution >= 4 is 27.3 Å². The lowest BCUT2D eigenvalue weighted by atomic mass is 10.2. The molecule has 3 rings (SSSR count). The number of pyridine rings is 1. The third kappa shape index (κ3) is 1.68. The van der Waals surface area contributed by atoms with Crippen LogP contribution in [0.2, 0.25) is 0 Å². The third-order valence-corrected chi connectivity index (χ3v) is 3.10. The van der Waals surface area contributed by atoms with Gasteiger partial charge in [-0.2, -0.15) is 0 Å². The summed E-state index contributed by atoms with van der Waals surface area (Å²) in [7, 11) is 0. The van der Waals surface area contributed by atoms with E-state index in [9.17, 15) is 0 Å². The minimum absolute atomic E-state index is 0.628. The molecule has 0 aliphatic heterocycles. The number of nitrogens with two attached hydrogens (primary N) is 1. The van der Waals surface area contributed by atoms with E-state index in [2.05, 4.69) is 26.1 Å². The van der Waals surface area contributed by atoms with Crippen molar-refractivity contribution in [2.45, 2.75) is 0 Å². The molecular formula is C12H9BrN4. The van der Waals surface area contributed by atoms with Gasteiger partial charge in [0.2, 0.25) is 0 Å². The molecule has 0 saturated heterocycles. The number of anilines is 1. The summed E-state index contributed by atoms with van der Waals surface area (Å²) in [5.74, 6) is 0.791. The molecule has 84 valence electrons. The van der Waals surface area contributed by atoms with Crippen LogP contribution in [0.15, 0.2) is 47.1 Å². The summed E-state index contributed by atoms with van der Waals surface area (Å²) in [5.41, 5.74) is 8.16. The van der Waals surface area contributed by atoms with E-state index < -0.39 is 0 Å². The number of hydrogen-bond acceptors (Lipinski definition) is 3. The average molecular weight is 289 g/mol. The Hall–Kier alpha value is -1.88. The van der Waals surface area contributed by atoms with Crippen molar-refractivity contribution in [3.63, 3.8) is 0 Å². The van der Waals surface area contributed by atoms with Crippen molar-refractivity contribution in [2.75, 3.05) is 5.73 Å². The maximum absolute atomic E-state index is 5.84. The fourth-order valence-corrected chi connectivity index (χ4v) is 2.00. The molecule has 0 spiro atoms. The highest BCUT2D eigenvalue weighted by molar-refractivity contribution is 9.10. The van der Waals surface area contributed by atoms with Crippen molar-refractivity contribution in [3.8, 4) is 11.4 Å². The lowest BCUT2D eigenvalue weighted by Crippen LogP contribution is -1.93. The second-order valence-electron chi connectivity index (χ2n) is 3.69. The summed E-state index contributed by atoms with van der Waals surface area (Å²) in [6.45, 7) is 0. The Morgan fingerprint density at radius 3 is 2.59 bits per heavy atom. The first kappa shape index (κ1) is 10.3. The number of benzene rings is 1. The molecule has 2 aromatic heterocycles. The van der Waals surface area contributed by atoms with Gasteiger partial charge < -0.3 is 5.73 Å². The van der Waals surface area contributed by atoms with E-state index in [1.165, 1.54) is 0 Å². The van der Waals surface area contributed by atoms with Gasteiger partial charge in [0.25, 0.3) is 0 Å². The summed E-state index contributed by atoms with van der Waals surface area (Å²) in [5, 5.41) is 8.27. The van der Waals surface area contributed by atoms with E-state index in [1.807, 2.05) is 47.0 Å². The highest BCUT2D eigenvalue weighted by Crippen LogP contribution is 2.22. The van der Waals surface area contributed by atoms with Crippen molar-refractivity contribution in [1.29, 1.82) is 0 Å². The molecule has 3 aromatic rings. The number of halogens is 1. The number of rotatable bonds is 1. The Morgan fingerprint density at radius 1 is 1.06 bits per heavy atom. The lowest BCUT2D eigenvalue weighted by molar-refractivity contribution is 1.11. The fourth-order valence-electron chi connectivity index (χ4n) is 1.73. The first-order valence-corrected chi connectivity index (χ1v) is 5.90. The number of fused-ring (bicyclic) bond motifs is 1. The third-order valence-electron chi connectivity index (χ3n) is 2.57. The predicted molar refractivity (Wildman–Crippen MR) is 70.5 cm³/mol. The monoisotopic (exact) mass is 288 g/mol. The van der Waals surface area contributed by atoms with Gasteiger partial charge in [0.05, 0.1) is 5.69 Å². The Bertz CT molecular complexity index is 673. The van der Waals surface area contributed by atoms with Crippen LogP contribution in [0.3, 0.4) is 0 Å². The first-order valence-electron chi connectivity index (χ1n) is 5.11. The molecule has 1 aromatic carbocycles. The smallest absolute Gasteiger partial charge is 0.184 e. The molecule has 0 aliphatic rings. The van der Waals surface area contributed by atoms with Crippen molar-refractivity contribution in [1.82, 2.24) is 14.6 Å². The minimum Gasteiger partial charge on any atom is -0.396 e. The summed E-state index contributed by atoms with van der Waals surface area (Å²) >= 11 is 3.41. The Kier molecular flexibility index (Phi) is 2.33. The molecule has 17 heavy (non-hydrogen) atoms. The van der Waals surface area contributed by atoms with Crippen LogP contribution < -0.4 is 5.73 Å². The zero-order valence-corrected chi connectivity index (χ0v) is 10.4. The minimum atomic E-state index is 0.628. The highest BCUT2D eigenvalue weighted by atomic mass is 79.9. The number of nitrogen functional groups attached to an aromatic ring is 1. The standard InChI is InChI=1S/C12H9BrN4/c13-9-5-3-8(4-6-9)11-15-16-12-10(14)2-1-7-17(11)12/h1-7H,14H2. The van der Waals surface area contributed by atoms with Gasteiger partial charge in [-0.25, -0.2) is 0 Å². The average Bonchev–Trinajstić information content (AvgIpc) is 2.75. The topological polar surface area (TPSA) is 56.2 Å². The maximum Gasteiger partial charge on any atom is 0.184 e. The van der Waals surface area contributed by atoms with Crippen molar-refractivity contribution in [2.24, 2.45) is 0 Å². The van der Waals surface area contributed by atoms with Crippen LogP contribution in [0.4, 0.5) is 5.69 Å². The van der Waals surface area contributed by atoms with Gasteiger partial charge in [-0.15, -0.1) is 10.2 Å². The zero-order valence-electron chi connectivity index (χ0n) is 8.84. The van der Waals surface area contributed by atoms with Gasteiger partial charge in [0.1, 0.15) is 0 Å². The SMILES string of the molecule is Nc1cccn2c(-c3ccc(Br)cc3)nnc12. The van der Waals surface area contributed by atoms with Crippen LogP contribution in [0.5, 0.6) is 0 Å². The summed E-state index contributed by atoms with van der Waals surface area (Å²) in [4.78, 5) is 0. The van der Waals surface area contributed by atoms with Crippen LogP contribution >= 0.6 is 15.9 Å². The van der Waals surface area contributed by atoms with E-state index in [0.717, 1.165) is 15.9 Å². The zero-order chi connectivity index (χ0) is 11.8. The molecule has 0 bridgehead atoms. The number of nitrogens with zero attached hydrogens (tertiary/aromatic N) is 3. The Balaban J connectivity index is 2.24. The van der Waals surface area contributed by atoms with Gasteiger partial charge in [-0.05, 0) is 24.3 Å². The van der Waals surface area contributed by atoms with Crippen LogP contribution in [-0.2, 0) is 0 Å². The number of aromatic nitrogens is 3. The second-order valence-corrected chi connectivity index (χ2v) is 4.60. The Morgan fingerprint density at radius 2 is 1.82 bits per heavy atom. The molecule has 0 radical (unpaired) electrons. The molecule has 0 atom stereocenters. The molecule has 2 N–H and O–H groups in total. The maximum atomic E-state index is 5.84. The first-order chi connectivity index (χ1) is 8.25. The van der Waals surface area contributed by atoms with Gasteiger partial charge in [-0.3, -0.25) is 4.40 Å². The number of hydrogen-bond donors (Lipinski definition) is 1. The second kappa shape index (κ2) is 3.85. The van der Waals surface area contributed by atoms with Crippen molar-refractivity contribution in [3.05, 3.63) is 47.1 Å². The van der Waals surface area contributed by atoms with Crippen LogP contribution in [-0.4, -0.2) is 14.6 Å². The quantitative estimate of drug-likeness (QED) is 0.749. The van der Waals surface area contributed by atoms with E-state index >= 15 is 0 Å². The predicted octanol–water partition coefficient (Wildman–Crippen LogP) is 2.74. The Labute approximate surface area is 106 Å². The van der Waals surface area contributed by atoms with Gasteiger partial charge in [0, 0.05) is 16.2 Å².